The maximum Gasteiger partial charge on any atom is 0.321 e. The fraction of sp³-hybridized carbons (Fsp3) is 0.375. The Morgan fingerprint density at radius 1 is 1.21 bits per heavy atom. The highest BCUT2D eigenvalue weighted by molar-refractivity contribution is 5.96. The number of hydrogen-bond acceptors (Lipinski definition) is 6. The fourth-order valence-corrected chi connectivity index (χ4v) is 3.79. The number of hydrogen-bond donors (Lipinski definition) is 4. The van der Waals surface area contributed by atoms with E-state index in [-0.39, 0.29) is 42.7 Å². The number of rotatable bonds is 8. The molecular weight excluding hydrogens is 436 g/mol. The van der Waals surface area contributed by atoms with Crippen LogP contribution in [0, 0.1) is 11.3 Å². The highest BCUT2D eigenvalue weighted by Crippen LogP contribution is 2.22. The molecule has 1 fully saturated rings. The van der Waals surface area contributed by atoms with Gasteiger partial charge in [-0.25, -0.2) is 4.79 Å². The summed E-state index contributed by atoms with van der Waals surface area (Å²) in [7, 11) is 0. The number of benzene rings is 1. The van der Waals surface area contributed by atoms with Crippen molar-refractivity contribution in [2.45, 2.75) is 32.2 Å². The van der Waals surface area contributed by atoms with E-state index in [0.29, 0.717) is 37.2 Å². The van der Waals surface area contributed by atoms with E-state index in [1.54, 1.807) is 54.5 Å². The lowest BCUT2D eigenvalue weighted by molar-refractivity contribution is -0.144. The highest BCUT2D eigenvalue weighted by atomic mass is 16.5. The summed E-state index contributed by atoms with van der Waals surface area (Å²) in [5, 5.41) is 13.2. The first-order chi connectivity index (χ1) is 16.4. The molecule has 1 saturated heterocycles. The van der Waals surface area contributed by atoms with E-state index in [1.165, 1.54) is 0 Å². The van der Waals surface area contributed by atoms with Crippen LogP contribution in [0.3, 0.4) is 0 Å². The molecule has 0 spiro atoms. The van der Waals surface area contributed by atoms with E-state index in [4.69, 9.17) is 15.9 Å². The molecule has 10 heteroatoms. The molecule has 2 aromatic rings. The Labute approximate surface area is 198 Å². The van der Waals surface area contributed by atoms with E-state index in [9.17, 15) is 14.4 Å². The van der Waals surface area contributed by atoms with Crippen molar-refractivity contribution >= 4 is 29.4 Å². The van der Waals surface area contributed by atoms with Gasteiger partial charge in [0.1, 0.15) is 5.84 Å². The van der Waals surface area contributed by atoms with Crippen molar-refractivity contribution in [1.82, 2.24) is 15.2 Å². The molecule has 2 heterocycles. The molecule has 0 aliphatic carbocycles. The number of amidine groups is 1. The SMILES string of the molecule is CCOC(=O)CC(NC(=O)C1CCN(C(=O)Nc2ccc(C(=N)N)cc2)CC1)c1cccnc1. The van der Waals surface area contributed by atoms with Crippen molar-refractivity contribution in [2.75, 3.05) is 25.0 Å². The average molecular weight is 467 g/mol. The number of likely N-dealkylation sites (tertiary alicyclic amines) is 1. The molecule has 1 atom stereocenters. The Bertz CT molecular complexity index is 1000. The summed E-state index contributed by atoms with van der Waals surface area (Å²) in [5.41, 5.74) is 7.37. The third-order valence-corrected chi connectivity index (χ3v) is 5.68. The van der Waals surface area contributed by atoms with Gasteiger partial charge in [0, 0.05) is 42.7 Å². The molecule has 1 unspecified atom stereocenters. The second-order valence-corrected chi connectivity index (χ2v) is 8.04. The molecule has 3 amide bonds. The van der Waals surface area contributed by atoms with Gasteiger partial charge in [-0.1, -0.05) is 6.07 Å². The number of ether oxygens (including phenoxy) is 1. The first kappa shape index (κ1) is 24.7. The molecule has 0 radical (unpaired) electrons. The van der Waals surface area contributed by atoms with Gasteiger partial charge in [0.15, 0.2) is 0 Å². The van der Waals surface area contributed by atoms with Gasteiger partial charge >= 0.3 is 12.0 Å². The van der Waals surface area contributed by atoms with Crippen molar-refractivity contribution in [2.24, 2.45) is 11.7 Å². The number of amides is 3. The van der Waals surface area contributed by atoms with Crippen LogP contribution >= 0.6 is 0 Å². The number of nitrogens with one attached hydrogen (secondary N) is 3. The maximum atomic E-state index is 12.9. The van der Waals surface area contributed by atoms with E-state index in [1.807, 2.05) is 6.07 Å². The number of piperidine rings is 1. The second-order valence-electron chi connectivity index (χ2n) is 8.04. The van der Waals surface area contributed by atoms with Crippen LogP contribution in [0.5, 0.6) is 0 Å². The van der Waals surface area contributed by atoms with Crippen LogP contribution in [-0.2, 0) is 14.3 Å². The Morgan fingerprint density at radius 3 is 2.50 bits per heavy atom. The lowest BCUT2D eigenvalue weighted by Gasteiger charge is -2.32. The van der Waals surface area contributed by atoms with E-state index < -0.39 is 6.04 Å². The predicted octanol–water partition coefficient (Wildman–Crippen LogP) is 2.42. The summed E-state index contributed by atoms with van der Waals surface area (Å²) in [6.45, 7) is 2.88. The van der Waals surface area contributed by atoms with Gasteiger partial charge in [0.2, 0.25) is 5.91 Å². The number of nitrogen functional groups attached to an aromatic ring is 1. The number of anilines is 1. The fourth-order valence-electron chi connectivity index (χ4n) is 3.79. The maximum absolute atomic E-state index is 12.9. The first-order valence-corrected chi connectivity index (χ1v) is 11.2. The molecule has 0 saturated carbocycles. The molecule has 3 rings (SSSR count). The van der Waals surface area contributed by atoms with E-state index in [2.05, 4.69) is 15.6 Å². The van der Waals surface area contributed by atoms with E-state index in [0.717, 1.165) is 5.56 Å². The van der Waals surface area contributed by atoms with Gasteiger partial charge < -0.3 is 26.0 Å². The third kappa shape index (κ3) is 6.77. The molecule has 1 aliphatic rings. The topological polar surface area (TPSA) is 150 Å². The molecule has 180 valence electrons. The zero-order valence-electron chi connectivity index (χ0n) is 19.1. The average Bonchev–Trinajstić information content (AvgIpc) is 2.84. The summed E-state index contributed by atoms with van der Waals surface area (Å²) in [4.78, 5) is 43.3. The van der Waals surface area contributed by atoms with Gasteiger partial charge in [0.05, 0.1) is 19.1 Å². The molecular formula is C24H30N6O4. The zero-order valence-corrected chi connectivity index (χ0v) is 19.1. The standard InChI is InChI=1S/C24H30N6O4/c1-2-34-21(31)14-20(18-4-3-11-27-15-18)29-23(32)17-9-12-30(13-10-17)24(33)28-19-7-5-16(6-8-19)22(25)26/h3-8,11,15,17,20H,2,9-10,12-14H2,1H3,(H3,25,26)(H,28,33)(H,29,32). The Hall–Kier alpha value is -3.95. The number of esters is 1. The van der Waals surface area contributed by atoms with Crippen LogP contribution in [0.15, 0.2) is 48.8 Å². The van der Waals surface area contributed by atoms with Crippen LogP contribution in [0.1, 0.15) is 43.4 Å². The number of nitrogens with two attached hydrogens (primary N) is 1. The van der Waals surface area contributed by atoms with Crippen molar-refractivity contribution in [3.8, 4) is 0 Å². The van der Waals surface area contributed by atoms with Crippen molar-refractivity contribution in [1.29, 1.82) is 5.41 Å². The Kier molecular flexibility index (Phi) is 8.55. The number of carbonyl (C=O) groups excluding carboxylic acids is 3. The minimum absolute atomic E-state index is 0.0228. The number of pyridine rings is 1. The van der Waals surface area contributed by atoms with Crippen molar-refractivity contribution < 1.29 is 19.1 Å². The minimum atomic E-state index is -0.528. The van der Waals surface area contributed by atoms with Crippen molar-refractivity contribution in [3.05, 3.63) is 59.9 Å². The minimum Gasteiger partial charge on any atom is -0.466 e. The van der Waals surface area contributed by atoms with E-state index >= 15 is 0 Å². The molecule has 5 N–H and O–H groups in total. The Morgan fingerprint density at radius 2 is 1.91 bits per heavy atom. The molecule has 10 nitrogen and oxygen atoms in total. The summed E-state index contributed by atoms with van der Waals surface area (Å²) in [5.74, 6) is -0.843. The summed E-state index contributed by atoms with van der Waals surface area (Å²) < 4.78 is 5.05. The van der Waals surface area contributed by atoms with Crippen LogP contribution in [-0.4, -0.2) is 53.3 Å². The van der Waals surface area contributed by atoms with Crippen molar-refractivity contribution in [3.63, 3.8) is 0 Å². The predicted molar refractivity (Wildman–Crippen MR) is 127 cm³/mol. The van der Waals surface area contributed by atoms with Gasteiger partial charge in [0.25, 0.3) is 0 Å². The normalized spacial score (nSPS) is 14.7. The molecule has 1 aromatic carbocycles. The number of carbonyl (C=O) groups is 3. The monoisotopic (exact) mass is 466 g/mol. The first-order valence-electron chi connectivity index (χ1n) is 11.2. The summed E-state index contributed by atoms with van der Waals surface area (Å²) >= 11 is 0. The number of nitrogens with zero attached hydrogens (tertiary/aromatic N) is 2. The quantitative estimate of drug-likeness (QED) is 0.266. The summed E-state index contributed by atoms with van der Waals surface area (Å²) in [6, 6.07) is 9.52. The Balaban J connectivity index is 1.53. The smallest absolute Gasteiger partial charge is 0.321 e. The van der Waals surface area contributed by atoms with Gasteiger partial charge in [-0.3, -0.25) is 20.0 Å². The third-order valence-electron chi connectivity index (χ3n) is 5.68. The zero-order chi connectivity index (χ0) is 24.5. The lowest BCUT2D eigenvalue weighted by atomic mass is 9.95. The lowest BCUT2D eigenvalue weighted by Crippen LogP contribution is -2.45. The van der Waals surface area contributed by atoms with Gasteiger partial charge in [-0.15, -0.1) is 0 Å². The largest absolute Gasteiger partial charge is 0.466 e. The highest BCUT2D eigenvalue weighted by Gasteiger charge is 2.29. The number of aromatic nitrogens is 1. The molecule has 1 aromatic heterocycles. The molecule has 1 aliphatic heterocycles. The summed E-state index contributed by atoms with van der Waals surface area (Å²) in [6.07, 6.45) is 4.31. The van der Waals surface area contributed by atoms with Crippen LogP contribution in [0.25, 0.3) is 0 Å². The number of urea groups is 1. The van der Waals surface area contributed by atoms with Crippen LogP contribution in [0.2, 0.25) is 0 Å². The van der Waals surface area contributed by atoms with Gasteiger partial charge in [-0.05, 0) is 55.7 Å². The van der Waals surface area contributed by atoms with Gasteiger partial charge in [-0.2, -0.15) is 0 Å². The van der Waals surface area contributed by atoms with Crippen LogP contribution in [0.4, 0.5) is 10.5 Å². The molecule has 0 bridgehead atoms. The second kappa shape index (κ2) is 11.8. The van der Waals surface area contributed by atoms with Crippen LogP contribution < -0.4 is 16.4 Å². The molecule has 34 heavy (non-hydrogen) atoms.